The Morgan fingerprint density at radius 1 is 1.07 bits per heavy atom. The number of nitrogens with zero attached hydrogens (tertiary/aromatic N) is 3. The molecular weight excluding hydrogens is 350 g/mol. The van der Waals surface area contributed by atoms with Crippen molar-refractivity contribution in [2.45, 2.75) is 32.2 Å². The second-order valence-electron chi connectivity index (χ2n) is 6.94. The minimum Gasteiger partial charge on any atom is -0.370 e. The van der Waals surface area contributed by atoms with Crippen molar-refractivity contribution < 1.29 is 4.79 Å². The van der Waals surface area contributed by atoms with Crippen molar-refractivity contribution in [3.05, 3.63) is 65.7 Å². The highest BCUT2D eigenvalue weighted by Crippen LogP contribution is 2.27. The summed E-state index contributed by atoms with van der Waals surface area (Å²) in [5, 5.41) is 0. The number of carbonyl (C=O) groups excluding carboxylic acids is 1. The standard InChI is InChI=1S/C22H27N5O/c1-16-18-11-5-6-12-20(18)27(14-8-7-13-25-22(23)24)21(28)19(26-16)15-17-9-3-2-4-10-17/h2-6,9-12,19H,7-8,13-15H2,1H3,(H4,23,24,25)/t19-/m0/s1. The van der Waals surface area contributed by atoms with Gasteiger partial charge in [0.25, 0.3) is 5.91 Å². The zero-order chi connectivity index (χ0) is 19.9. The van der Waals surface area contributed by atoms with Crippen LogP contribution >= 0.6 is 0 Å². The van der Waals surface area contributed by atoms with Crippen molar-refractivity contribution in [2.24, 2.45) is 21.5 Å². The Hall–Kier alpha value is -3.15. The van der Waals surface area contributed by atoms with E-state index in [2.05, 4.69) is 4.99 Å². The third-order valence-corrected chi connectivity index (χ3v) is 4.84. The highest BCUT2D eigenvalue weighted by atomic mass is 16.2. The third-order valence-electron chi connectivity index (χ3n) is 4.84. The SMILES string of the molecule is CC1=N[C@@H](Cc2ccccc2)C(=O)N(CCCCN=C(N)N)c2ccccc21. The summed E-state index contributed by atoms with van der Waals surface area (Å²) in [6.07, 6.45) is 2.22. The molecular formula is C22H27N5O. The third kappa shape index (κ3) is 4.76. The van der Waals surface area contributed by atoms with Crippen molar-refractivity contribution in [3.8, 4) is 0 Å². The lowest BCUT2D eigenvalue weighted by atomic mass is 10.0. The van der Waals surface area contributed by atoms with Crippen LogP contribution in [-0.4, -0.2) is 36.7 Å². The predicted octanol–water partition coefficient (Wildman–Crippen LogP) is 2.51. The largest absolute Gasteiger partial charge is 0.370 e. The van der Waals surface area contributed by atoms with E-state index in [9.17, 15) is 4.79 Å². The number of benzodiazepines with no additional fused rings is 1. The van der Waals surface area contributed by atoms with Gasteiger partial charge in [0, 0.05) is 30.8 Å². The number of aliphatic imine (C=N–C) groups is 2. The summed E-state index contributed by atoms with van der Waals surface area (Å²) in [5.41, 5.74) is 14.7. The number of unbranched alkanes of at least 4 members (excludes halogenated alkanes) is 1. The van der Waals surface area contributed by atoms with Crippen LogP contribution in [0.15, 0.2) is 64.6 Å². The summed E-state index contributed by atoms with van der Waals surface area (Å²) >= 11 is 0. The molecule has 0 spiro atoms. The lowest BCUT2D eigenvalue weighted by Crippen LogP contribution is -2.39. The van der Waals surface area contributed by atoms with Crippen LogP contribution in [0.1, 0.15) is 30.9 Å². The van der Waals surface area contributed by atoms with Crippen LogP contribution in [0.3, 0.4) is 0 Å². The average Bonchev–Trinajstić information content (AvgIpc) is 2.79. The Labute approximate surface area is 166 Å². The van der Waals surface area contributed by atoms with Crippen LogP contribution in [-0.2, 0) is 11.2 Å². The number of anilines is 1. The summed E-state index contributed by atoms with van der Waals surface area (Å²) in [4.78, 5) is 24.1. The number of hydrogen-bond donors (Lipinski definition) is 2. The Kier molecular flexibility index (Phi) is 6.42. The number of guanidine groups is 1. The minimum atomic E-state index is -0.424. The molecule has 1 atom stereocenters. The van der Waals surface area contributed by atoms with Gasteiger partial charge in [0.05, 0.1) is 5.69 Å². The van der Waals surface area contributed by atoms with Gasteiger partial charge in [-0.05, 0) is 31.4 Å². The molecule has 0 saturated heterocycles. The van der Waals surface area contributed by atoms with Gasteiger partial charge >= 0.3 is 0 Å². The molecule has 0 bridgehead atoms. The normalized spacial score (nSPS) is 16.2. The number of fused-ring (bicyclic) bond motifs is 1. The topological polar surface area (TPSA) is 97.1 Å². The Balaban J connectivity index is 1.82. The van der Waals surface area contributed by atoms with E-state index < -0.39 is 6.04 Å². The zero-order valence-corrected chi connectivity index (χ0v) is 16.2. The molecule has 6 heteroatoms. The fraction of sp³-hybridized carbons (Fsp3) is 0.318. The van der Waals surface area contributed by atoms with Gasteiger partial charge in [0.2, 0.25) is 0 Å². The molecule has 28 heavy (non-hydrogen) atoms. The van der Waals surface area contributed by atoms with E-state index in [1.54, 1.807) is 0 Å². The lowest BCUT2D eigenvalue weighted by Gasteiger charge is -2.25. The van der Waals surface area contributed by atoms with Crippen LogP contribution in [0.25, 0.3) is 0 Å². The molecule has 1 aliphatic rings. The van der Waals surface area contributed by atoms with Gasteiger partial charge in [-0.3, -0.25) is 14.8 Å². The molecule has 3 rings (SSSR count). The monoisotopic (exact) mass is 377 g/mol. The minimum absolute atomic E-state index is 0.0370. The first-order chi connectivity index (χ1) is 13.6. The summed E-state index contributed by atoms with van der Waals surface area (Å²) in [6.45, 7) is 3.16. The Morgan fingerprint density at radius 3 is 2.54 bits per heavy atom. The van der Waals surface area contributed by atoms with E-state index in [4.69, 9.17) is 16.5 Å². The van der Waals surface area contributed by atoms with E-state index >= 15 is 0 Å². The van der Waals surface area contributed by atoms with Crippen molar-refractivity contribution in [3.63, 3.8) is 0 Å². The molecule has 0 radical (unpaired) electrons. The van der Waals surface area contributed by atoms with Gasteiger partial charge in [-0.1, -0.05) is 48.5 Å². The molecule has 146 valence electrons. The van der Waals surface area contributed by atoms with Crippen LogP contribution in [0, 0.1) is 0 Å². The van der Waals surface area contributed by atoms with Crippen molar-refractivity contribution >= 4 is 23.3 Å². The molecule has 0 saturated carbocycles. The summed E-state index contributed by atoms with van der Waals surface area (Å²) in [7, 11) is 0. The van der Waals surface area contributed by atoms with Crippen molar-refractivity contribution in [1.82, 2.24) is 0 Å². The molecule has 0 unspecified atom stereocenters. The first kappa shape index (κ1) is 19.6. The molecule has 1 heterocycles. The maximum absolute atomic E-state index is 13.4. The van der Waals surface area contributed by atoms with Crippen LogP contribution in [0.5, 0.6) is 0 Å². The quantitative estimate of drug-likeness (QED) is 0.441. The van der Waals surface area contributed by atoms with Gasteiger partial charge in [0.1, 0.15) is 6.04 Å². The van der Waals surface area contributed by atoms with E-state index in [0.717, 1.165) is 35.4 Å². The maximum Gasteiger partial charge on any atom is 0.252 e. The highest BCUT2D eigenvalue weighted by Gasteiger charge is 2.30. The second-order valence-corrected chi connectivity index (χ2v) is 6.94. The molecule has 0 fully saturated rings. The van der Waals surface area contributed by atoms with Crippen LogP contribution < -0.4 is 16.4 Å². The van der Waals surface area contributed by atoms with Crippen molar-refractivity contribution in [2.75, 3.05) is 18.0 Å². The maximum atomic E-state index is 13.4. The van der Waals surface area contributed by atoms with Crippen LogP contribution in [0.2, 0.25) is 0 Å². The van der Waals surface area contributed by atoms with Gasteiger partial charge < -0.3 is 16.4 Å². The second kappa shape index (κ2) is 9.17. The molecule has 0 aliphatic carbocycles. The zero-order valence-electron chi connectivity index (χ0n) is 16.2. The smallest absolute Gasteiger partial charge is 0.252 e. The number of rotatable bonds is 7. The molecule has 0 aromatic heterocycles. The molecule has 1 amide bonds. The Morgan fingerprint density at radius 2 is 1.79 bits per heavy atom. The van der Waals surface area contributed by atoms with E-state index in [0.29, 0.717) is 19.5 Å². The highest BCUT2D eigenvalue weighted by molar-refractivity contribution is 6.11. The number of amides is 1. The molecule has 2 aromatic carbocycles. The number of carbonyl (C=O) groups is 1. The van der Waals surface area contributed by atoms with Gasteiger partial charge in [0.15, 0.2) is 5.96 Å². The molecule has 6 nitrogen and oxygen atoms in total. The predicted molar refractivity (Wildman–Crippen MR) is 115 cm³/mol. The van der Waals surface area contributed by atoms with E-state index in [1.165, 1.54) is 0 Å². The number of nitrogens with two attached hydrogens (primary N) is 2. The molecule has 4 N–H and O–H groups in total. The fourth-order valence-corrected chi connectivity index (χ4v) is 3.46. The first-order valence-electron chi connectivity index (χ1n) is 9.61. The summed E-state index contributed by atoms with van der Waals surface area (Å²) in [6, 6.07) is 17.6. The number of benzene rings is 2. The number of hydrogen-bond acceptors (Lipinski definition) is 3. The first-order valence-corrected chi connectivity index (χ1v) is 9.61. The fourth-order valence-electron chi connectivity index (χ4n) is 3.46. The van der Waals surface area contributed by atoms with Crippen LogP contribution in [0.4, 0.5) is 5.69 Å². The molecule has 2 aromatic rings. The van der Waals surface area contributed by atoms with Gasteiger partial charge in [-0.2, -0.15) is 0 Å². The van der Waals surface area contributed by atoms with E-state index in [1.807, 2.05) is 66.4 Å². The van der Waals surface area contributed by atoms with Gasteiger partial charge in [-0.25, -0.2) is 0 Å². The average molecular weight is 377 g/mol. The van der Waals surface area contributed by atoms with Gasteiger partial charge in [-0.15, -0.1) is 0 Å². The molecule has 1 aliphatic heterocycles. The van der Waals surface area contributed by atoms with Crippen molar-refractivity contribution in [1.29, 1.82) is 0 Å². The summed E-state index contributed by atoms with van der Waals surface area (Å²) < 4.78 is 0. The number of para-hydroxylation sites is 1. The Bertz CT molecular complexity index is 872. The summed E-state index contributed by atoms with van der Waals surface area (Å²) in [5.74, 6) is 0.137. The lowest BCUT2D eigenvalue weighted by molar-refractivity contribution is -0.119. The van der Waals surface area contributed by atoms with E-state index in [-0.39, 0.29) is 11.9 Å².